The van der Waals surface area contributed by atoms with Gasteiger partial charge in [0.1, 0.15) is 13.2 Å². The predicted octanol–water partition coefficient (Wildman–Crippen LogP) is 3.31. The van der Waals surface area contributed by atoms with Crippen LogP contribution in [-0.2, 0) is 0 Å². The van der Waals surface area contributed by atoms with E-state index < -0.39 is 0 Å². The van der Waals surface area contributed by atoms with Crippen LogP contribution >= 0.6 is 15.9 Å². The smallest absolute Gasteiger partial charge is 0.162 e. The molecule has 2 heterocycles. The second kappa shape index (κ2) is 6.45. The Morgan fingerprint density at radius 1 is 1.29 bits per heavy atom. The fraction of sp³-hybridized carbons (Fsp3) is 0.312. The Labute approximate surface area is 132 Å². The number of fused-ring (bicyclic) bond motifs is 1. The molecular formula is C16H17BrN2O2. The van der Waals surface area contributed by atoms with E-state index in [-0.39, 0.29) is 6.04 Å². The molecule has 3 rings (SSSR count). The first-order valence-corrected chi connectivity index (χ1v) is 7.81. The largest absolute Gasteiger partial charge is 0.486 e. The molecule has 1 aliphatic rings. The van der Waals surface area contributed by atoms with Gasteiger partial charge in [-0.1, -0.05) is 28.9 Å². The molecule has 110 valence electrons. The summed E-state index contributed by atoms with van der Waals surface area (Å²) in [5, 5.41) is 3.50. The molecule has 0 saturated carbocycles. The summed E-state index contributed by atoms with van der Waals surface area (Å²) < 4.78 is 12.3. The van der Waals surface area contributed by atoms with Gasteiger partial charge in [0, 0.05) is 16.9 Å². The Balaban J connectivity index is 2.03. The number of nitrogens with one attached hydrogen (secondary N) is 1. The maximum absolute atomic E-state index is 5.69. The third-order valence-electron chi connectivity index (χ3n) is 3.40. The average molecular weight is 349 g/mol. The molecule has 1 unspecified atom stereocenters. The summed E-state index contributed by atoms with van der Waals surface area (Å²) in [7, 11) is 0. The molecular weight excluding hydrogens is 332 g/mol. The molecule has 1 aromatic heterocycles. The minimum Gasteiger partial charge on any atom is -0.486 e. The first kappa shape index (κ1) is 14.4. The van der Waals surface area contributed by atoms with Crippen molar-refractivity contribution in [3.63, 3.8) is 0 Å². The Morgan fingerprint density at radius 3 is 2.71 bits per heavy atom. The normalized spacial score (nSPS) is 14.8. The van der Waals surface area contributed by atoms with E-state index in [1.165, 1.54) is 0 Å². The number of aromatic nitrogens is 1. The van der Waals surface area contributed by atoms with Crippen LogP contribution in [0.25, 0.3) is 0 Å². The molecule has 1 aliphatic heterocycles. The van der Waals surface area contributed by atoms with Crippen molar-refractivity contribution in [2.45, 2.75) is 13.0 Å². The number of ether oxygens (including phenoxy) is 2. The van der Waals surface area contributed by atoms with Crippen molar-refractivity contribution in [3.8, 4) is 11.5 Å². The number of hydrogen-bond donors (Lipinski definition) is 1. The van der Waals surface area contributed by atoms with E-state index in [0.29, 0.717) is 13.2 Å². The zero-order valence-electron chi connectivity index (χ0n) is 11.8. The van der Waals surface area contributed by atoms with Crippen LogP contribution in [0.4, 0.5) is 0 Å². The molecule has 1 N–H and O–H groups in total. The number of rotatable bonds is 4. The second-order valence-electron chi connectivity index (χ2n) is 4.79. The number of pyridine rings is 1. The Bertz CT molecular complexity index is 619. The standard InChI is InChI=1S/C16H17BrN2O2/c1-2-19-16(11-4-3-5-18-10-11)12-8-14-15(9-13(12)17)21-7-6-20-14/h3-5,8-10,16,19H,2,6-7H2,1H3. The molecule has 0 aliphatic carbocycles. The van der Waals surface area contributed by atoms with Gasteiger partial charge in [0.05, 0.1) is 6.04 Å². The van der Waals surface area contributed by atoms with Crippen molar-refractivity contribution < 1.29 is 9.47 Å². The van der Waals surface area contributed by atoms with Gasteiger partial charge in [0.25, 0.3) is 0 Å². The van der Waals surface area contributed by atoms with E-state index in [0.717, 1.165) is 33.6 Å². The summed E-state index contributed by atoms with van der Waals surface area (Å²) in [5.74, 6) is 1.59. The fourth-order valence-corrected chi connectivity index (χ4v) is 3.01. The summed E-state index contributed by atoms with van der Waals surface area (Å²) in [6, 6.07) is 8.10. The third kappa shape index (κ3) is 3.04. The highest BCUT2D eigenvalue weighted by atomic mass is 79.9. The summed E-state index contributed by atoms with van der Waals surface area (Å²) >= 11 is 3.65. The van der Waals surface area contributed by atoms with E-state index in [4.69, 9.17) is 9.47 Å². The van der Waals surface area contributed by atoms with E-state index in [1.54, 1.807) is 6.20 Å². The maximum atomic E-state index is 5.69. The van der Waals surface area contributed by atoms with Crippen LogP contribution in [0, 0.1) is 0 Å². The Morgan fingerprint density at radius 2 is 2.05 bits per heavy atom. The summed E-state index contributed by atoms with van der Waals surface area (Å²) in [5.41, 5.74) is 2.24. The highest BCUT2D eigenvalue weighted by molar-refractivity contribution is 9.10. The van der Waals surface area contributed by atoms with Gasteiger partial charge in [0.2, 0.25) is 0 Å². The number of benzene rings is 1. The van der Waals surface area contributed by atoms with Crippen molar-refractivity contribution in [1.29, 1.82) is 0 Å². The number of halogens is 1. The summed E-state index contributed by atoms with van der Waals surface area (Å²) in [6.45, 7) is 4.14. The van der Waals surface area contributed by atoms with E-state index >= 15 is 0 Å². The van der Waals surface area contributed by atoms with Crippen molar-refractivity contribution in [2.24, 2.45) is 0 Å². The Kier molecular flexibility index (Phi) is 4.41. The van der Waals surface area contributed by atoms with Gasteiger partial charge < -0.3 is 14.8 Å². The SMILES string of the molecule is CCNC(c1cccnc1)c1cc2c(cc1Br)OCCO2. The predicted molar refractivity (Wildman–Crippen MR) is 84.9 cm³/mol. The molecule has 0 amide bonds. The lowest BCUT2D eigenvalue weighted by molar-refractivity contribution is 0.171. The molecule has 0 bridgehead atoms. The van der Waals surface area contributed by atoms with Gasteiger partial charge in [-0.25, -0.2) is 0 Å². The molecule has 0 fully saturated rings. The van der Waals surface area contributed by atoms with Crippen LogP contribution in [0.15, 0.2) is 41.1 Å². The third-order valence-corrected chi connectivity index (χ3v) is 4.09. The summed E-state index contributed by atoms with van der Waals surface area (Å²) in [4.78, 5) is 4.22. The van der Waals surface area contributed by atoms with Crippen molar-refractivity contribution >= 4 is 15.9 Å². The molecule has 1 aromatic carbocycles. The van der Waals surface area contributed by atoms with Gasteiger partial charge in [-0.05, 0) is 35.9 Å². The lowest BCUT2D eigenvalue weighted by Crippen LogP contribution is -2.23. The zero-order chi connectivity index (χ0) is 14.7. The first-order chi connectivity index (χ1) is 10.3. The maximum Gasteiger partial charge on any atom is 0.162 e. The lowest BCUT2D eigenvalue weighted by atomic mass is 9.99. The molecule has 0 saturated heterocycles. The van der Waals surface area contributed by atoms with E-state index in [1.807, 2.05) is 24.4 Å². The highest BCUT2D eigenvalue weighted by Gasteiger charge is 2.21. The number of nitrogens with zero attached hydrogens (tertiary/aromatic N) is 1. The average Bonchev–Trinajstić information content (AvgIpc) is 2.53. The molecule has 1 atom stereocenters. The molecule has 5 heteroatoms. The van der Waals surface area contributed by atoms with Crippen LogP contribution in [0.2, 0.25) is 0 Å². The van der Waals surface area contributed by atoms with Crippen LogP contribution in [-0.4, -0.2) is 24.7 Å². The van der Waals surface area contributed by atoms with Crippen molar-refractivity contribution in [1.82, 2.24) is 10.3 Å². The van der Waals surface area contributed by atoms with Crippen LogP contribution in [0.5, 0.6) is 11.5 Å². The molecule has 4 nitrogen and oxygen atoms in total. The highest BCUT2D eigenvalue weighted by Crippen LogP contribution is 2.39. The molecule has 0 radical (unpaired) electrons. The zero-order valence-corrected chi connectivity index (χ0v) is 13.4. The van der Waals surface area contributed by atoms with Crippen molar-refractivity contribution in [2.75, 3.05) is 19.8 Å². The van der Waals surface area contributed by atoms with Crippen LogP contribution in [0.1, 0.15) is 24.1 Å². The van der Waals surface area contributed by atoms with Gasteiger partial charge in [0.15, 0.2) is 11.5 Å². The minimum atomic E-state index is 0.0638. The van der Waals surface area contributed by atoms with Gasteiger partial charge in [-0.2, -0.15) is 0 Å². The van der Waals surface area contributed by atoms with Crippen LogP contribution < -0.4 is 14.8 Å². The van der Waals surface area contributed by atoms with Gasteiger partial charge in [-0.3, -0.25) is 4.98 Å². The monoisotopic (exact) mass is 348 g/mol. The molecule has 2 aromatic rings. The Hall–Kier alpha value is -1.59. The van der Waals surface area contributed by atoms with Gasteiger partial charge in [-0.15, -0.1) is 0 Å². The van der Waals surface area contributed by atoms with Crippen LogP contribution in [0.3, 0.4) is 0 Å². The first-order valence-electron chi connectivity index (χ1n) is 7.02. The fourth-order valence-electron chi connectivity index (χ4n) is 2.46. The second-order valence-corrected chi connectivity index (χ2v) is 5.65. The minimum absolute atomic E-state index is 0.0638. The van der Waals surface area contributed by atoms with Crippen molar-refractivity contribution in [3.05, 3.63) is 52.3 Å². The molecule has 0 spiro atoms. The summed E-state index contributed by atoms with van der Waals surface area (Å²) in [6.07, 6.45) is 3.67. The lowest BCUT2D eigenvalue weighted by Gasteiger charge is -2.24. The molecule has 21 heavy (non-hydrogen) atoms. The van der Waals surface area contributed by atoms with E-state index in [9.17, 15) is 0 Å². The topological polar surface area (TPSA) is 43.4 Å². The van der Waals surface area contributed by atoms with E-state index in [2.05, 4.69) is 39.2 Å². The van der Waals surface area contributed by atoms with Gasteiger partial charge >= 0.3 is 0 Å². The number of hydrogen-bond acceptors (Lipinski definition) is 4. The quantitative estimate of drug-likeness (QED) is 0.920.